The molecule has 0 aromatic rings. The first-order valence-corrected chi connectivity index (χ1v) is 5.63. The number of thioether (sulfide) groups is 1. The maximum absolute atomic E-state index is 11.0. The van der Waals surface area contributed by atoms with Gasteiger partial charge in [0.05, 0.1) is 6.04 Å². The fourth-order valence-electron chi connectivity index (χ4n) is 1.71. The predicted octanol–water partition coefficient (Wildman–Crippen LogP) is 0.686. The van der Waals surface area contributed by atoms with E-state index in [1.54, 1.807) is 0 Å². The number of amides is 1. The third kappa shape index (κ3) is 2.88. The van der Waals surface area contributed by atoms with Crippen LogP contribution in [0.5, 0.6) is 0 Å². The highest BCUT2D eigenvalue weighted by Crippen LogP contribution is 2.25. The maximum Gasteiger partial charge on any atom is 0.234 e. The number of primary amides is 1. The molecule has 1 aliphatic rings. The number of hydrogen-bond donors (Lipinski definition) is 1. The van der Waals surface area contributed by atoms with E-state index in [-0.39, 0.29) is 11.9 Å². The third-order valence-electron chi connectivity index (χ3n) is 2.41. The van der Waals surface area contributed by atoms with Gasteiger partial charge in [-0.2, -0.15) is 11.8 Å². The molecular formula is C9H18N2OS. The topological polar surface area (TPSA) is 46.3 Å². The van der Waals surface area contributed by atoms with Crippen LogP contribution in [-0.4, -0.2) is 40.4 Å². The van der Waals surface area contributed by atoms with Crippen molar-refractivity contribution >= 4 is 17.7 Å². The van der Waals surface area contributed by atoms with Crippen molar-refractivity contribution in [2.75, 3.05) is 13.1 Å². The summed E-state index contributed by atoms with van der Waals surface area (Å²) in [6.45, 7) is 8.22. The molecule has 0 aliphatic carbocycles. The van der Waals surface area contributed by atoms with E-state index in [1.165, 1.54) is 0 Å². The molecule has 0 aromatic heterocycles. The molecule has 0 saturated carbocycles. The summed E-state index contributed by atoms with van der Waals surface area (Å²) in [7, 11) is 0. The first-order valence-electron chi connectivity index (χ1n) is 4.69. The van der Waals surface area contributed by atoms with Gasteiger partial charge in [0.25, 0.3) is 0 Å². The molecule has 1 fully saturated rings. The van der Waals surface area contributed by atoms with Gasteiger partial charge >= 0.3 is 0 Å². The van der Waals surface area contributed by atoms with Gasteiger partial charge in [-0.05, 0) is 6.92 Å². The molecule has 1 amide bonds. The molecule has 0 aromatic carbocycles. The summed E-state index contributed by atoms with van der Waals surface area (Å²) in [4.78, 5) is 13.2. The zero-order valence-corrected chi connectivity index (χ0v) is 9.30. The summed E-state index contributed by atoms with van der Waals surface area (Å²) < 4.78 is 0. The van der Waals surface area contributed by atoms with Crippen LogP contribution in [0.4, 0.5) is 0 Å². The highest BCUT2D eigenvalue weighted by atomic mass is 32.2. The Morgan fingerprint density at radius 3 is 2.31 bits per heavy atom. The molecule has 0 bridgehead atoms. The lowest BCUT2D eigenvalue weighted by molar-refractivity contribution is -0.122. The predicted molar refractivity (Wildman–Crippen MR) is 56.7 cm³/mol. The molecule has 13 heavy (non-hydrogen) atoms. The standard InChI is InChI=1S/C9H18N2OS/c1-6-4-11(5-7(2)13-6)8(3)9(10)12/h6-8H,4-5H2,1-3H3,(H2,10,12). The Balaban J connectivity index is 2.54. The van der Waals surface area contributed by atoms with Gasteiger partial charge in [0.1, 0.15) is 0 Å². The summed E-state index contributed by atoms with van der Waals surface area (Å²) in [5.74, 6) is -0.216. The van der Waals surface area contributed by atoms with E-state index in [4.69, 9.17) is 5.73 Å². The molecule has 1 rings (SSSR count). The Morgan fingerprint density at radius 1 is 1.46 bits per heavy atom. The zero-order chi connectivity index (χ0) is 10.0. The number of rotatable bonds is 2. The summed E-state index contributed by atoms with van der Waals surface area (Å²) >= 11 is 1.98. The van der Waals surface area contributed by atoms with Crippen LogP contribution in [0, 0.1) is 0 Å². The molecule has 76 valence electrons. The molecular weight excluding hydrogens is 184 g/mol. The largest absolute Gasteiger partial charge is 0.368 e. The quantitative estimate of drug-likeness (QED) is 0.716. The Bertz CT molecular complexity index is 188. The lowest BCUT2D eigenvalue weighted by Crippen LogP contribution is -2.50. The first-order chi connectivity index (χ1) is 6.00. The average Bonchev–Trinajstić information content (AvgIpc) is 2.01. The van der Waals surface area contributed by atoms with E-state index in [0.717, 1.165) is 13.1 Å². The van der Waals surface area contributed by atoms with Gasteiger partial charge in [-0.1, -0.05) is 13.8 Å². The van der Waals surface area contributed by atoms with Gasteiger partial charge in [-0.3, -0.25) is 9.69 Å². The minimum absolute atomic E-state index is 0.120. The molecule has 3 atom stereocenters. The molecule has 1 heterocycles. The number of carbonyl (C=O) groups excluding carboxylic acids is 1. The van der Waals surface area contributed by atoms with E-state index >= 15 is 0 Å². The van der Waals surface area contributed by atoms with Gasteiger partial charge in [-0.15, -0.1) is 0 Å². The van der Waals surface area contributed by atoms with Crippen molar-refractivity contribution in [1.29, 1.82) is 0 Å². The minimum atomic E-state index is -0.216. The monoisotopic (exact) mass is 202 g/mol. The molecule has 0 spiro atoms. The van der Waals surface area contributed by atoms with Crippen molar-refractivity contribution in [1.82, 2.24) is 4.90 Å². The second kappa shape index (κ2) is 4.33. The number of hydrogen-bond acceptors (Lipinski definition) is 3. The number of nitrogens with two attached hydrogens (primary N) is 1. The van der Waals surface area contributed by atoms with Crippen LogP contribution in [-0.2, 0) is 4.79 Å². The van der Waals surface area contributed by atoms with Gasteiger partial charge in [0, 0.05) is 23.6 Å². The van der Waals surface area contributed by atoms with Gasteiger partial charge in [0.2, 0.25) is 5.91 Å². The Hall–Kier alpha value is -0.220. The fraction of sp³-hybridized carbons (Fsp3) is 0.889. The van der Waals surface area contributed by atoms with Crippen molar-refractivity contribution < 1.29 is 4.79 Å². The van der Waals surface area contributed by atoms with Crippen molar-refractivity contribution in [2.45, 2.75) is 37.3 Å². The normalized spacial score (nSPS) is 32.8. The lowest BCUT2D eigenvalue weighted by Gasteiger charge is -2.37. The molecule has 3 nitrogen and oxygen atoms in total. The van der Waals surface area contributed by atoms with E-state index in [9.17, 15) is 4.79 Å². The zero-order valence-electron chi connectivity index (χ0n) is 8.49. The summed E-state index contributed by atoms with van der Waals surface area (Å²) in [6.07, 6.45) is 0. The third-order valence-corrected chi connectivity index (χ3v) is 3.63. The fourth-order valence-corrected chi connectivity index (χ4v) is 3.06. The number of nitrogens with zero attached hydrogens (tertiary/aromatic N) is 1. The molecule has 0 radical (unpaired) electrons. The van der Waals surface area contributed by atoms with Crippen LogP contribution in [0.2, 0.25) is 0 Å². The minimum Gasteiger partial charge on any atom is -0.368 e. The smallest absolute Gasteiger partial charge is 0.234 e. The molecule has 4 heteroatoms. The van der Waals surface area contributed by atoms with Crippen molar-refractivity contribution in [3.05, 3.63) is 0 Å². The lowest BCUT2D eigenvalue weighted by atomic mass is 10.2. The van der Waals surface area contributed by atoms with Crippen LogP contribution >= 0.6 is 11.8 Å². The van der Waals surface area contributed by atoms with E-state index in [2.05, 4.69) is 18.7 Å². The highest BCUT2D eigenvalue weighted by molar-refractivity contribution is 8.00. The van der Waals surface area contributed by atoms with Crippen molar-refractivity contribution in [2.24, 2.45) is 5.73 Å². The van der Waals surface area contributed by atoms with E-state index in [0.29, 0.717) is 10.5 Å². The summed E-state index contributed by atoms with van der Waals surface area (Å²) in [5, 5.41) is 1.20. The Kier molecular flexibility index (Phi) is 3.62. The first kappa shape index (κ1) is 10.9. The molecule has 1 saturated heterocycles. The van der Waals surface area contributed by atoms with Crippen LogP contribution < -0.4 is 5.73 Å². The van der Waals surface area contributed by atoms with Crippen molar-refractivity contribution in [3.63, 3.8) is 0 Å². The Labute approximate surface area is 84.0 Å². The highest BCUT2D eigenvalue weighted by Gasteiger charge is 2.27. The molecule has 2 N–H and O–H groups in total. The van der Waals surface area contributed by atoms with E-state index in [1.807, 2.05) is 18.7 Å². The maximum atomic E-state index is 11.0. The SMILES string of the molecule is CC1CN(C(C)C(N)=O)CC(C)S1. The van der Waals surface area contributed by atoms with Gasteiger partial charge in [0.15, 0.2) is 0 Å². The molecule has 3 unspecified atom stereocenters. The van der Waals surface area contributed by atoms with Crippen LogP contribution in [0.15, 0.2) is 0 Å². The second-order valence-corrected chi connectivity index (χ2v) is 5.67. The summed E-state index contributed by atoms with van der Waals surface area (Å²) in [6, 6.07) is -0.120. The Morgan fingerprint density at radius 2 is 1.92 bits per heavy atom. The molecule has 1 aliphatic heterocycles. The van der Waals surface area contributed by atoms with Crippen LogP contribution in [0.25, 0.3) is 0 Å². The van der Waals surface area contributed by atoms with Crippen LogP contribution in [0.1, 0.15) is 20.8 Å². The average molecular weight is 202 g/mol. The van der Waals surface area contributed by atoms with Crippen LogP contribution in [0.3, 0.4) is 0 Å². The van der Waals surface area contributed by atoms with Gasteiger partial charge in [-0.25, -0.2) is 0 Å². The summed E-state index contributed by atoms with van der Waals surface area (Å²) in [5.41, 5.74) is 5.27. The second-order valence-electron chi connectivity index (χ2n) is 3.79. The van der Waals surface area contributed by atoms with Crippen molar-refractivity contribution in [3.8, 4) is 0 Å². The van der Waals surface area contributed by atoms with Gasteiger partial charge < -0.3 is 5.73 Å². The van der Waals surface area contributed by atoms with E-state index < -0.39 is 0 Å². The number of carbonyl (C=O) groups is 1.